The second-order valence-corrected chi connectivity index (χ2v) is 5.73. The number of nitrogens with zero attached hydrogens (tertiary/aromatic N) is 3. The van der Waals surface area contributed by atoms with E-state index >= 15 is 0 Å². The normalized spacial score (nSPS) is 10.8. The number of benzene rings is 2. The Balaban J connectivity index is 1.65. The lowest BCUT2D eigenvalue weighted by atomic mass is 10.2. The number of ether oxygens (including phenoxy) is 2. The first kappa shape index (κ1) is 16.1. The average Bonchev–Trinajstić information content (AvgIpc) is 3.08. The van der Waals surface area contributed by atoms with E-state index in [-0.39, 0.29) is 5.75 Å². The van der Waals surface area contributed by atoms with Crippen LogP contribution in [0.5, 0.6) is 17.2 Å². The molecule has 0 saturated carbocycles. The minimum atomic E-state index is -0.414. The molecule has 0 bridgehead atoms. The third-order valence-electron chi connectivity index (χ3n) is 4.05. The highest BCUT2D eigenvalue weighted by Gasteiger charge is 2.12. The topological polar surface area (TPSA) is 49.2 Å². The Labute approximate surface area is 149 Å². The highest BCUT2D eigenvalue weighted by molar-refractivity contribution is 5.82. The van der Waals surface area contributed by atoms with E-state index in [1.165, 1.54) is 6.07 Å². The van der Waals surface area contributed by atoms with Gasteiger partial charge in [-0.05, 0) is 35.9 Å². The smallest absolute Gasteiger partial charge is 0.165 e. The van der Waals surface area contributed by atoms with Crippen LogP contribution in [0.3, 0.4) is 0 Å². The van der Waals surface area contributed by atoms with Crippen molar-refractivity contribution in [1.29, 1.82) is 0 Å². The van der Waals surface area contributed by atoms with Crippen molar-refractivity contribution < 1.29 is 13.9 Å². The molecule has 0 aliphatic carbocycles. The molecule has 26 heavy (non-hydrogen) atoms. The zero-order valence-electron chi connectivity index (χ0n) is 14.1. The fourth-order valence-electron chi connectivity index (χ4n) is 2.71. The van der Waals surface area contributed by atoms with Gasteiger partial charge in [0.2, 0.25) is 0 Å². The van der Waals surface area contributed by atoms with Crippen LogP contribution in [0.25, 0.3) is 11.0 Å². The summed E-state index contributed by atoms with van der Waals surface area (Å²) < 4.78 is 26.5. The van der Waals surface area contributed by atoms with Crippen LogP contribution in [0.2, 0.25) is 0 Å². The van der Waals surface area contributed by atoms with Crippen molar-refractivity contribution in [3.05, 3.63) is 78.4 Å². The highest BCUT2D eigenvalue weighted by atomic mass is 19.1. The molecule has 130 valence electrons. The van der Waals surface area contributed by atoms with Gasteiger partial charge in [-0.25, -0.2) is 14.1 Å². The monoisotopic (exact) mass is 349 g/mol. The number of rotatable bonds is 5. The van der Waals surface area contributed by atoms with E-state index in [1.807, 2.05) is 24.3 Å². The number of hydrogen-bond donors (Lipinski definition) is 0. The molecule has 0 fully saturated rings. The van der Waals surface area contributed by atoms with E-state index in [0.29, 0.717) is 17.9 Å². The molecule has 0 radical (unpaired) electrons. The maximum Gasteiger partial charge on any atom is 0.165 e. The summed E-state index contributed by atoms with van der Waals surface area (Å²) in [6.45, 7) is 0.559. The second kappa shape index (κ2) is 6.84. The van der Waals surface area contributed by atoms with Crippen molar-refractivity contribution >= 4 is 11.0 Å². The molecule has 0 aliphatic rings. The molecule has 4 rings (SSSR count). The zero-order chi connectivity index (χ0) is 17.9. The van der Waals surface area contributed by atoms with Crippen molar-refractivity contribution in [3.8, 4) is 17.2 Å². The summed E-state index contributed by atoms with van der Waals surface area (Å²) in [5.74, 6) is 1.07. The van der Waals surface area contributed by atoms with Gasteiger partial charge in [-0.2, -0.15) is 5.10 Å². The first-order valence-electron chi connectivity index (χ1n) is 8.10. The first-order valence-corrected chi connectivity index (χ1v) is 8.10. The zero-order valence-corrected chi connectivity index (χ0v) is 14.1. The molecular weight excluding hydrogens is 333 g/mol. The van der Waals surface area contributed by atoms with E-state index in [1.54, 1.807) is 48.5 Å². The van der Waals surface area contributed by atoms with Gasteiger partial charge in [0.15, 0.2) is 17.2 Å². The quantitative estimate of drug-likeness (QED) is 0.535. The van der Waals surface area contributed by atoms with Crippen LogP contribution in [0.4, 0.5) is 4.39 Å². The van der Waals surface area contributed by atoms with Crippen LogP contribution in [0.15, 0.2) is 67.0 Å². The standard InChI is InChI=1S/C20H16FN3O2/c1-25-15-8-6-14(7-9-15)13-24-20-16(12-23-24)18(10-11-22-20)26-19-5-3-2-4-17(19)21/h2-12H,13H2,1H3. The Morgan fingerprint density at radius 3 is 2.58 bits per heavy atom. The molecule has 0 spiro atoms. The van der Waals surface area contributed by atoms with E-state index in [4.69, 9.17) is 9.47 Å². The van der Waals surface area contributed by atoms with E-state index < -0.39 is 5.82 Å². The van der Waals surface area contributed by atoms with E-state index in [2.05, 4.69) is 10.1 Å². The fourth-order valence-corrected chi connectivity index (χ4v) is 2.71. The third kappa shape index (κ3) is 3.09. The van der Waals surface area contributed by atoms with Crippen LogP contribution >= 0.6 is 0 Å². The van der Waals surface area contributed by atoms with Crippen molar-refractivity contribution in [2.24, 2.45) is 0 Å². The predicted molar refractivity (Wildman–Crippen MR) is 96.1 cm³/mol. The van der Waals surface area contributed by atoms with Crippen LogP contribution in [0.1, 0.15) is 5.56 Å². The summed E-state index contributed by atoms with van der Waals surface area (Å²) in [5.41, 5.74) is 1.74. The fraction of sp³-hybridized carbons (Fsp3) is 0.100. The average molecular weight is 349 g/mol. The molecule has 0 aliphatic heterocycles. The molecule has 4 aromatic rings. The number of aromatic nitrogens is 3. The van der Waals surface area contributed by atoms with Crippen LogP contribution in [0, 0.1) is 5.82 Å². The van der Waals surface area contributed by atoms with Gasteiger partial charge in [0, 0.05) is 6.20 Å². The number of halogens is 1. The van der Waals surface area contributed by atoms with Crippen molar-refractivity contribution in [2.45, 2.75) is 6.54 Å². The van der Waals surface area contributed by atoms with Gasteiger partial charge < -0.3 is 9.47 Å². The van der Waals surface area contributed by atoms with Crippen molar-refractivity contribution in [1.82, 2.24) is 14.8 Å². The Morgan fingerprint density at radius 1 is 1.00 bits per heavy atom. The summed E-state index contributed by atoms with van der Waals surface area (Å²) in [4.78, 5) is 4.40. The number of pyridine rings is 1. The molecule has 0 saturated heterocycles. The first-order chi connectivity index (χ1) is 12.7. The summed E-state index contributed by atoms with van der Waals surface area (Å²) in [7, 11) is 1.64. The predicted octanol–water partition coefficient (Wildman–Crippen LogP) is 4.42. The van der Waals surface area contributed by atoms with E-state index in [9.17, 15) is 4.39 Å². The number of para-hydroxylation sites is 1. The molecule has 0 N–H and O–H groups in total. The lowest BCUT2D eigenvalue weighted by molar-refractivity contribution is 0.414. The summed E-state index contributed by atoms with van der Waals surface area (Å²) in [6.07, 6.45) is 3.31. The maximum absolute atomic E-state index is 13.9. The number of hydrogen-bond acceptors (Lipinski definition) is 4. The minimum Gasteiger partial charge on any atom is -0.497 e. The van der Waals surface area contributed by atoms with Crippen LogP contribution < -0.4 is 9.47 Å². The number of methoxy groups -OCH3 is 1. The number of fused-ring (bicyclic) bond motifs is 1. The third-order valence-corrected chi connectivity index (χ3v) is 4.05. The van der Waals surface area contributed by atoms with Gasteiger partial charge >= 0.3 is 0 Å². The lowest BCUT2D eigenvalue weighted by Crippen LogP contribution is -2.02. The summed E-state index contributed by atoms with van der Waals surface area (Å²) in [5, 5.41) is 5.13. The second-order valence-electron chi connectivity index (χ2n) is 5.73. The Bertz CT molecular complexity index is 1040. The molecule has 0 atom stereocenters. The minimum absolute atomic E-state index is 0.169. The van der Waals surface area contributed by atoms with Gasteiger partial charge in [-0.1, -0.05) is 24.3 Å². The van der Waals surface area contributed by atoms with Gasteiger partial charge in [-0.15, -0.1) is 0 Å². The van der Waals surface area contributed by atoms with Gasteiger partial charge in [0.05, 0.1) is 25.2 Å². The summed E-state index contributed by atoms with van der Waals surface area (Å²) in [6, 6.07) is 15.8. The molecule has 0 amide bonds. The molecule has 2 aromatic carbocycles. The Hall–Kier alpha value is -3.41. The van der Waals surface area contributed by atoms with Crippen molar-refractivity contribution in [3.63, 3.8) is 0 Å². The van der Waals surface area contributed by atoms with Gasteiger partial charge in [0.25, 0.3) is 0 Å². The lowest BCUT2D eigenvalue weighted by Gasteiger charge is -2.08. The van der Waals surface area contributed by atoms with Crippen molar-refractivity contribution in [2.75, 3.05) is 7.11 Å². The molecule has 5 nitrogen and oxygen atoms in total. The highest BCUT2D eigenvalue weighted by Crippen LogP contribution is 2.30. The molecule has 0 unspecified atom stereocenters. The Morgan fingerprint density at radius 2 is 1.81 bits per heavy atom. The SMILES string of the molecule is COc1ccc(Cn2ncc3c(Oc4ccccc4F)ccnc32)cc1. The largest absolute Gasteiger partial charge is 0.497 e. The molecule has 2 aromatic heterocycles. The van der Waals surface area contributed by atoms with Crippen LogP contribution in [-0.4, -0.2) is 21.9 Å². The van der Waals surface area contributed by atoms with Gasteiger partial charge in [-0.3, -0.25) is 0 Å². The van der Waals surface area contributed by atoms with Gasteiger partial charge in [0.1, 0.15) is 11.5 Å². The summed E-state index contributed by atoms with van der Waals surface area (Å²) >= 11 is 0. The molecule has 2 heterocycles. The molecule has 6 heteroatoms. The maximum atomic E-state index is 13.9. The molecular formula is C20H16FN3O2. The van der Waals surface area contributed by atoms with Crippen LogP contribution in [-0.2, 0) is 6.54 Å². The Kier molecular flexibility index (Phi) is 4.23. The van der Waals surface area contributed by atoms with E-state index in [0.717, 1.165) is 16.7 Å².